The van der Waals surface area contributed by atoms with Crippen molar-refractivity contribution in [1.82, 2.24) is 0 Å². The maximum absolute atomic E-state index is 12.8. The Balaban J connectivity index is 0.00000841. The molecular formula is C21H22FKO7. The number of carbonyl (C=O) groups excluding carboxylic acids is 1. The molecule has 0 bridgehead atoms. The number of carboxylic acid groups (broad SMARTS) is 1. The van der Waals surface area contributed by atoms with Crippen molar-refractivity contribution in [2.45, 2.75) is 18.3 Å². The van der Waals surface area contributed by atoms with Gasteiger partial charge in [-0.15, -0.1) is 0 Å². The summed E-state index contributed by atoms with van der Waals surface area (Å²) in [4.78, 5) is 10.2. The van der Waals surface area contributed by atoms with E-state index in [4.69, 9.17) is 4.74 Å². The van der Waals surface area contributed by atoms with Crippen molar-refractivity contribution in [3.8, 4) is 17.6 Å². The van der Waals surface area contributed by atoms with Crippen LogP contribution in [0.4, 0.5) is 4.39 Å². The van der Waals surface area contributed by atoms with Gasteiger partial charge in [-0.2, -0.15) is 0 Å². The van der Waals surface area contributed by atoms with Crippen LogP contribution in [0.25, 0.3) is 0 Å². The summed E-state index contributed by atoms with van der Waals surface area (Å²) < 4.78 is 22.7. The molecule has 0 unspecified atom stereocenters. The number of allylic oxidation sites excluding steroid dienone is 4. The van der Waals surface area contributed by atoms with Crippen LogP contribution in [0.15, 0.2) is 60.7 Å². The van der Waals surface area contributed by atoms with Gasteiger partial charge in [0.2, 0.25) is 0 Å². The van der Waals surface area contributed by atoms with Crippen molar-refractivity contribution in [3.63, 3.8) is 0 Å². The quantitative estimate of drug-likeness (QED) is 0.186. The largest absolute Gasteiger partial charge is 1.00 e. The van der Waals surface area contributed by atoms with Crippen LogP contribution < -0.4 is 61.2 Å². The molecule has 0 spiro atoms. The van der Waals surface area contributed by atoms with Gasteiger partial charge in [0.15, 0.2) is 0 Å². The van der Waals surface area contributed by atoms with Gasteiger partial charge in [-0.25, -0.2) is 4.39 Å². The summed E-state index contributed by atoms with van der Waals surface area (Å²) in [5.74, 6) is 3.99. The Labute approximate surface area is 216 Å². The Bertz CT molecular complexity index is 766. The Morgan fingerprint density at radius 3 is 2.40 bits per heavy atom. The smallest absolute Gasteiger partial charge is 0.548 e. The van der Waals surface area contributed by atoms with E-state index in [2.05, 4.69) is 16.6 Å². The fraction of sp³-hybridized carbons (Fsp3) is 0.286. The first-order valence-corrected chi connectivity index (χ1v) is 8.59. The molecular weight excluding hydrogens is 422 g/mol. The van der Waals surface area contributed by atoms with Crippen LogP contribution in [0.1, 0.15) is 0 Å². The van der Waals surface area contributed by atoms with Gasteiger partial charge in [0.05, 0.1) is 19.2 Å². The minimum Gasteiger partial charge on any atom is -0.548 e. The van der Waals surface area contributed by atoms with E-state index in [9.17, 15) is 29.6 Å². The second kappa shape index (κ2) is 17.4. The van der Waals surface area contributed by atoms with Crippen molar-refractivity contribution in [1.29, 1.82) is 0 Å². The van der Waals surface area contributed by atoms with Crippen LogP contribution in [-0.4, -0.2) is 59.4 Å². The first-order valence-electron chi connectivity index (χ1n) is 8.59. The first-order chi connectivity index (χ1) is 13.9. The number of carbonyl (C=O) groups is 1. The molecule has 1 rings (SSSR count). The maximum atomic E-state index is 12.8. The number of hydrogen-bond acceptors (Lipinski definition) is 7. The third-order valence-corrected chi connectivity index (χ3v) is 3.22. The molecule has 0 amide bonds. The van der Waals surface area contributed by atoms with Crippen LogP contribution in [0.3, 0.4) is 0 Å². The van der Waals surface area contributed by atoms with Crippen LogP contribution in [-0.2, 0) is 9.53 Å². The van der Waals surface area contributed by atoms with Crippen molar-refractivity contribution in [2.75, 3.05) is 19.8 Å². The summed E-state index contributed by atoms with van der Waals surface area (Å²) in [7, 11) is 0. The number of aliphatic carboxylic acids is 1. The number of halogens is 1. The topological polar surface area (TPSA) is 119 Å². The molecule has 3 N–H and O–H groups in total. The molecule has 0 aliphatic rings. The van der Waals surface area contributed by atoms with Gasteiger partial charge in [0.1, 0.15) is 36.5 Å². The van der Waals surface area contributed by atoms with Crippen LogP contribution in [0.2, 0.25) is 0 Å². The maximum Gasteiger partial charge on any atom is 1.00 e. The van der Waals surface area contributed by atoms with Crippen molar-refractivity contribution >= 4 is 5.97 Å². The van der Waals surface area contributed by atoms with E-state index in [0.717, 1.165) is 0 Å². The summed E-state index contributed by atoms with van der Waals surface area (Å²) in [5, 5.41) is 39.0. The molecule has 0 saturated heterocycles. The number of ether oxygens (including phenoxy) is 2. The van der Waals surface area contributed by atoms with Crippen molar-refractivity contribution < 1.29 is 90.5 Å². The third kappa shape index (κ3) is 14.6. The zero-order chi connectivity index (χ0) is 21.5. The fourth-order valence-electron chi connectivity index (χ4n) is 1.79. The molecule has 0 fully saturated rings. The summed E-state index contributed by atoms with van der Waals surface area (Å²) in [6.07, 6.45) is 5.24. The molecule has 30 heavy (non-hydrogen) atoms. The van der Waals surface area contributed by atoms with E-state index in [1.54, 1.807) is 0 Å². The monoisotopic (exact) mass is 444 g/mol. The predicted molar refractivity (Wildman–Crippen MR) is 101 cm³/mol. The molecule has 7 nitrogen and oxygen atoms in total. The van der Waals surface area contributed by atoms with Gasteiger partial charge in [-0.3, -0.25) is 0 Å². The molecule has 0 aliphatic carbocycles. The number of benzene rings is 1. The minimum absolute atomic E-state index is 0. The predicted octanol–water partition coefficient (Wildman–Crippen LogP) is -3.27. The average Bonchev–Trinajstić information content (AvgIpc) is 2.69. The Morgan fingerprint density at radius 2 is 1.73 bits per heavy atom. The zero-order valence-corrected chi connectivity index (χ0v) is 19.6. The zero-order valence-electron chi connectivity index (χ0n) is 16.5. The summed E-state index contributed by atoms with van der Waals surface area (Å²) in [6, 6.07) is 5.43. The minimum atomic E-state index is -1.41. The fourth-order valence-corrected chi connectivity index (χ4v) is 1.79. The molecule has 0 aliphatic heterocycles. The molecule has 0 radical (unpaired) electrons. The van der Waals surface area contributed by atoms with Gasteiger partial charge in [0, 0.05) is 0 Å². The standard InChI is InChI=1S/C21H23FO7.K/c22-16-9-11-18(12-10-16)29-13-17(23)7-5-3-1-2-4-6-8-19(24)20(25)14-28-15-21(26)27;/h2,4-12,17,19-20,23-25H,13-15H2,(H,26,27);/q;+1/p-1/t17-,19-,20+;/m1./s1. The summed E-state index contributed by atoms with van der Waals surface area (Å²) in [5.41, 5.74) is 0. The average molecular weight is 444 g/mol. The number of aliphatic hydroxyl groups excluding tert-OH is 3. The van der Waals surface area contributed by atoms with Crippen LogP contribution >= 0.6 is 0 Å². The number of rotatable bonds is 11. The molecule has 9 heteroatoms. The number of hydrogen-bond donors (Lipinski definition) is 3. The number of carboxylic acids is 1. The van der Waals surface area contributed by atoms with E-state index >= 15 is 0 Å². The van der Waals surface area contributed by atoms with E-state index in [1.807, 2.05) is 0 Å². The van der Waals surface area contributed by atoms with E-state index in [-0.39, 0.29) is 70.4 Å². The van der Waals surface area contributed by atoms with Gasteiger partial charge in [0.25, 0.3) is 0 Å². The van der Waals surface area contributed by atoms with Crippen molar-refractivity contribution in [2.24, 2.45) is 0 Å². The Kier molecular flexibility index (Phi) is 16.6. The molecule has 0 aromatic heterocycles. The number of aliphatic hydroxyl groups is 3. The van der Waals surface area contributed by atoms with Crippen LogP contribution in [0.5, 0.6) is 5.75 Å². The van der Waals surface area contributed by atoms with Gasteiger partial charge >= 0.3 is 51.4 Å². The molecule has 0 saturated carbocycles. The molecule has 1 aromatic rings. The van der Waals surface area contributed by atoms with E-state index in [1.165, 1.54) is 60.7 Å². The second-order valence-corrected chi connectivity index (χ2v) is 5.67. The summed E-state index contributed by atoms with van der Waals surface area (Å²) >= 11 is 0. The Hall–Kier alpha value is -1.32. The SMILES string of the molecule is O=C([O-])COC[C@H](O)[C@H](O)C=CC=CC#CC=C[C@@H](O)COc1ccc(F)cc1.[K+]. The summed E-state index contributed by atoms with van der Waals surface area (Å²) in [6.45, 7) is -1.01. The van der Waals surface area contributed by atoms with Gasteiger partial charge in [-0.1, -0.05) is 30.1 Å². The molecule has 0 heterocycles. The van der Waals surface area contributed by atoms with Gasteiger partial charge in [-0.05, 0) is 42.5 Å². The van der Waals surface area contributed by atoms with Crippen LogP contribution in [0, 0.1) is 17.7 Å². The molecule has 156 valence electrons. The second-order valence-electron chi connectivity index (χ2n) is 5.67. The van der Waals surface area contributed by atoms with Gasteiger partial charge < -0.3 is 34.7 Å². The van der Waals surface area contributed by atoms with E-state index in [0.29, 0.717) is 5.75 Å². The molecule has 3 atom stereocenters. The van der Waals surface area contributed by atoms with Crippen molar-refractivity contribution in [3.05, 3.63) is 66.5 Å². The first kappa shape index (κ1) is 28.7. The van der Waals surface area contributed by atoms with E-state index < -0.39 is 30.9 Å². The Morgan fingerprint density at radius 1 is 1.07 bits per heavy atom. The molecule has 1 aromatic carbocycles. The normalized spacial score (nSPS) is 14.1. The third-order valence-electron chi connectivity index (χ3n) is 3.22.